The number of methoxy groups -OCH3 is 1. The summed E-state index contributed by atoms with van der Waals surface area (Å²) in [5, 5.41) is 9.90. The molecule has 0 unspecified atom stereocenters. The number of hydrogen-bond donors (Lipinski definition) is 0. The Labute approximate surface area is 249 Å². The molecular formula is C30H34N4O5S2. The minimum atomic E-state index is -0.349. The van der Waals surface area contributed by atoms with Gasteiger partial charge in [-0.25, -0.2) is 0 Å². The highest BCUT2D eigenvalue weighted by molar-refractivity contribution is 8.26. The third-order valence-electron chi connectivity index (χ3n) is 7.36. The molecule has 2 aromatic rings. The van der Waals surface area contributed by atoms with Crippen molar-refractivity contribution in [3.05, 3.63) is 61.8 Å². The van der Waals surface area contributed by atoms with Gasteiger partial charge in [0.15, 0.2) is 0 Å². The van der Waals surface area contributed by atoms with E-state index in [0.717, 1.165) is 11.3 Å². The number of amides is 1. The smallest absolute Gasteiger partial charge is 0.309 e. The molecule has 2 saturated heterocycles. The van der Waals surface area contributed by atoms with Crippen LogP contribution in [0.15, 0.2) is 34.0 Å². The minimum Gasteiger partial charge on any atom is -0.497 e. The van der Waals surface area contributed by atoms with Crippen LogP contribution in [0.3, 0.4) is 0 Å². The van der Waals surface area contributed by atoms with Gasteiger partial charge in [-0.05, 0) is 62.4 Å². The predicted molar refractivity (Wildman–Crippen MR) is 164 cm³/mol. The van der Waals surface area contributed by atoms with Gasteiger partial charge in [-0.15, -0.1) is 0 Å². The van der Waals surface area contributed by atoms with E-state index < -0.39 is 0 Å². The maximum absolute atomic E-state index is 13.6. The number of piperidine rings is 1. The lowest BCUT2D eigenvalue weighted by molar-refractivity contribution is -0.148. The second-order valence-corrected chi connectivity index (χ2v) is 11.6. The summed E-state index contributed by atoms with van der Waals surface area (Å²) in [6.45, 7) is 7.66. The van der Waals surface area contributed by atoms with Gasteiger partial charge in [0.2, 0.25) is 0 Å². The third kappa shape index (κ3) is 6.34. The number of anilines is 1. The lowest BCUT2D eigenvalue weighted by Crippen LogP contribution is -2.41. The molecule has 0 atom stereocenters. The Morgan fingerprint density at radius 2 is 1.88 bits per heavy atom. The van der Waals surface area contributed by atoms with Gasteiger partial charge in [-0.1, -0.05) is 43.0 Å². The summed E-state index contributed by atoms with van der Waals surface area (Å²) >= 11 is 6.79. The number of ether oxygens (including phenoxy) is 2. The zero-order valence-electron chi connectivity index (χ0n) is 23.8. The average molecular weight is 595 g/mol. The van der Waals surface area contributed by atoms with E-state index in [0.29, 0.717) is 78.2 Å². The third-order valence-corrected chi connectivity index (χ3v) is 8.73. The molecule has 1 aromatic carbocycles. The summed E-state index contributed by atoms with van der Waals surface area (Å²) < 4.78 is 12.5. The molecule has 1 amide bonds. The van der Waals surface area contributed by atoms with E-state index in [-0.39, 0.29) is 28.9 Å². The van der Waals surface area contributed by atoms with E-state index in [1.165, 1.54) is 11.8 Å². The molecule has 0 radical (unpaired) electrons. The molecule has 2 aliphatic rings. The quantitative estimate of drug-likeness (QED) is 0.234. The fourth-order valence-electron chi connectivity index (χ4n) is 5.18. The van der Waals surface area contributed by atoms with E-state index in [4.69, 9.17) is 21.7 Å². The molecule has 0 bridgehead atoms. The molecule has 2 fully saturated rings. The molecule has 0 N–H and O–H groups in total. The number of rotatable bonds is 9. The number of pyridine rings is 1. The number of nitriles is 1. The number of thiocarbonyl (C=S) groups is 1. The van der Waals surface area contributed by atoms with Gasteiger partial charge in [0.05, 0.1) is 31.1 Å². The second kappa shape index (κ2) is 13.4. The van der Waals surface area contributed by atoms with Crippen molar-refractivity contribution in [3.8, 4) is 11.8 Å². The summed E-state index contributed by atoms with van der Waals surface area (Å²) in [7, 11) is 1.60. The number of esters is 1. The Balaban J connectivity index is 1.73. The molecule has 41 heavy (non-hydrogen) atoms. The first-order chi connectivity index (χ1) is 19.7. The maximum Gasteiger partial charge on any atom is 0.309 e. The Morgan fingerprint density at radius 3 is 2.46 bits per heavy atom. The highest BCUT2D eigenvalue weighted by Gasteiger charge is 2.34. The average Bonchev–Trinajstić information content (AvgIpc) is 3.24. The van der Waals surface area contributed by atoms with Crippen LogP contribution < -0.4 is 15.2 Å². The zero-order valence-corrected chi connectivity index (χ0v) is 25.4. The first-order valence-electron chi connectivity index (χ1n) is 13.7. The molecule has 216 valence electrons. The van der Waals surface area contributed by atoms with Crippen LogP contribution in [0.2, 0.25) is 0 Å². The summed E-state index contributed by atoms with van der Waals surface area (Å²) in [5.74, 6) is 0.762. The van der Waals surface area contributed by atoms with Gasteiger partial charge in [0.25, 0.3) is 11.5 Å². The molecule has 1 aromatic heterocycles. The van der Waals surface area contributed by atoms with E-state index in [1.54, 1.807) is 36.5 Å². The Kier molecular flexibility index (Phi) is 9.89. The summed E-state index contributed by atoms with van der Waals surface area (Å²) in [6.07, 6.45) is 3.62. The second-order valence-electron chi connectivity index (χ2n) is 9.94. The number of aromatic nitrogens is 1. The SMILES string of the molecule is CCCn1c(N2CCC(C(=O)OCC)CC2)c(/C=C2\SC(=S)N(Cc3ccc(OC)cc3)C2=O)c(C)c(C#N)c1=O. The largest absolute Gasteiger partial charge is 0.497 e. The van der Waals surface area contributed by atoms with Gasteiger partial charge in [-0.3, -0.25) is 23.9 Å². The Morgan fingerprint density at radius 1 is 1.20 bits per heavy atom. The molecule has 0 saturated carbocycles. The van der Waals surface area contributed by atoms with Crippen molar-refractivity contribution in [2.75, 3.05) is 31.7 Å². The summed E-state index contributed by atoms with van der Waals surface area (Å²) in [4.78, 5) is 43.5. The lowest BCUT2D eigenvalue weighted by atomic mass is 9.95. The van der Waals surface area contributed by atoms with Crippen molar-refractivity contribution in [2.45, 2.75) is 53.1 Å². The highest BCUT2D eigenvalue weighted by atomic mass is 32.2. The van der Waals surface area contributed by atoms with Crippen molar-refractivity contribution >= 4 is 52.1 Å². The van der Waals surface area contributed by atoms with Crippen molar-refractivity contribution in [3.63, 3.8) is 0 Å². The van der Waals surface area contributed by atoms with Crippen LogP contribution in [0.5, 0.6) is 5.75 Å². The van der Waals surface area contributed by atoms with Crippen molar-refractivity contribution in [1.82, 2.24) is 9.47 Å². The number of carbonyl (C=O) groups excluding carboxylic acids is 2. The first-order valence-corrected chi connectivity index (χ1v) is 14.9. The molecule has 3 heterocycles. The normalized spacial score (nSPS) is 16.8. The molecule has 4 rings (SSSR count). The molecule has 2 aliphatic heterocycles. The number of hydrogen-bond acceptors (Lipinski definition) is 9. The fourth-order valence-corrected chi connectivity index (χ4v) is 6.42. The molecule has 0 spiro atoms. The molecular weight excluding hydrogens is 560 g/mol. The number of carbonyl (C=O) groups is 2. The van der Waals surface area contributed by atoms with Crippen LogP contribution >= 0.6 is 24.0 Å². The number of nitrogens with zero attached hydrogens (tertiary/aromatic N) is 4. The van der Waals surface area contributed by atoms with Gasteiger partial charge in [0.1, 0.15) is 27.5 Å². The van der Waals surface area contributed by atoms with E-state index in [2.05, 4.69) is 11.0 Å². The topological polar surface area (TPSA) is 105 Å². The molecule has 0 aliphatic carbocycles. The zero-order chi connectivity index (χ0) is 29.7. The summed E-state index contributed by atoms with van der Waals surface area (Å²) in [5.41, 5.74) is 1.79. The monoisotopic (exact) mass is 594 g/mol. The van der Waals surface area contributed by atoms with E-state index in [9.17, 15) is 19.6 Å². The van der Waals surface area contributed by atoms with Gasteiger partial charge >= 0.3 is 5.97 Å². The van der Waals surface area contributed by atoms with Crippen LogP contribution in [-0.2, 0) is 27.4 Å². The van der Waals surface area contributed by atoms with Crippen LogP contribution in [0, 0.1) is 24.2 Å². The summed E-state index contributed by atoms with van der Waals surface area (Å²) in [6, 6.07) is 9.54. The minimum absolute atomic E-state index is 0.0589. The van der Waals surface area contributed by atoms with Crippen molar-refractivity contribution in [1.29, 1.82) is 5.26 Å². The number of benzene rings is 1. The van der Waals surface area contributed by atoms with E-state index in [1.807, 2.05) is 31.2 Å². The Bertz CT molecular complexity index is 1470. The van der Waals surface area contributed by atoms with Crippen molar-refractivity contribution in [2.24, 2.45) is 5.92 Å². The van der Waals surface area contributed by atoms with Crippen LogP contribution in [0.25, 0.3) is 6.08 Å². The highest BCUT2D eigenvalue weighted by Crippen LogP contribution is 2.37. The van der Waals surface area contributed by atoms with Crippen molar-refractivity contribution < 1.29 is 19.1 Å². The first kappa shape index (κ1) is 30.3. The predicted octanol–water partition coefficient (Wildman–Crippen LogP) is 4.63. The fraction of sp³-hybridized carbons (Fsp3) is 0.433. The molecule has 11 heteroatoms. The van der Waals surface area contributed by atoms with Gasteiger partial charge in [0, 0.05) is 25.2 Å². The standard InChI is InChI=1S/C30H34N4O5S2/c1-5-13-33-26(32-14-11-21(12-15-32)29(37)39-6-2)23(19(3)24(17-31)27(33)35)16-25-28(36)34(30(40)41-25)18-20-7-9-22(38-4)10-8-20/h7-10,16,21H,5-6,11-15,18H2,1-4H3/b25-16-. The number of thioether (sulfide) groups is 1. The molecule has 9 nitrogen and oxygen atoms in total. The lowest BCUT2D eigenvalue weighted by Gasteiger charge is -2.35. The maximum atomic E-state index is 13.6. The Hall–Kier alpha value is -3.62. The van der Waals surface area contributed by atoms with Gasteiger partial charge < -0.3 is 14.4 Å². The van der Waals surface area contributed by atoms with Crippen LogP contribution in [0.1, 0.15) is 55.4 Å². The van der Waals surface area contributed by atoms with E-state index >= 15 is 0 Å². The van der Waals surface area contributed by atoms with Crippen LogP contribution in [0.4, 0.5) is 5.82 Å². The van der Waals surface area contributed by atoms with Gasteiger partial charge in [-0.2, -0.15) is 5.26 Å². The van der Waals surface area contributed by atoms with Crippen LogP contribution in [-0.4, -0.2) is 52.5 Å².